The Morgan fingerprint density at radius 3 is 2.67 bits per heavy atom. The topological polar surface area (TPSA) is 30.5 Å². The average molecular weight is 249 g/mol. The summed E-state index contributed by atoms with van der Waals surface area (Å²) in [5.74, 6) is 1.76. The van der Waals surface area contributed by atoms with Crippen molar-refractivity contribution in [2.24, 2.45) is 5.92 Å². The lowest BCUT2D eigenvalue weighted by Crippen LogP contribution is -2.37. The third-order valence-corrected chi connectivity index (χ3v) is 3.34. The SMILES string of the molecule is CNCC1CC(OCCCOc2ccccc2)C1. The summed E-state index contributed by atoms with van der Waals surface area (Å²) in [6.07, 6.45) is 3.86. The highest BCUT2D eigenvalue weighted by Crippen LogP contribution is 2.29. The van der Waals surface area contributed by atoms with Crippen LogP contribution in [0, 0.1) is 5.92 Å². The molecule has 0 atom stereocenters. The van der Waals surface area contributed by atoms with E-state index < -0.39 is 0 Å². The van der Waals surface area contributed by atoms with Crippen LogP contribution in [0.15, 0.2) is 30.3 Å². The Bertz CT molecular complexity index is 323. The van der Waals surface area contributed by atoms with Gasteiger partial charge in [0.05, 0.1) is 19.3 Å². The second kappa shape index (κ2) is 7.39. The third-order valence-electron chi connectivity index (χ3n) is 3.34. The summed E-state index contributed by atoms with van der Waals surface area (Å²) in [6.45, 7) is 2.66. The van der Waals surface area contributed by atoms with Gasteiger partial charge >= 0.3 is 0 Å². The molecule has 1 aliphatic rings. The zero-order chi connectivity index (χ0) is 12.6. The van der Waals surface area contributed by atoms with Crippen LogP contribution in [0.3, 0.4) is 0 Å². The van der Waals surface area contributed by atoms with Gasteiger partial charge in [-0.25, -0.2) is 0 Å². The molecule has 0 aliphatic heterocycles. The second-order valence-electron chi connectivity index (χ2n) is 4.90. The molecular weight excluding hydrogens is 226 g/mol. The lowest BCUT2D eigenvalue weighted by molar-refractivity contribution is -0.0327. The Morgan fingerprint density at radius 2 is 1.94 bits per heavy atom. The first kappa shape index (κ1) is 13.4. The van der Waals surface area contributed by atoms with E-state index in [4.69, 9.17) is 9.47 Å². The quantitative estimate of drug-likeness (QED) is 0.718. The Balaban J connectivity index is 1.45. The number of rotatable bonds is 8. The maximum Gasteiger partial charge on any atom is 0.119 e. The Morgan fingerprint density at radius 1 is 1.17 bits per heavy atom. The molecule has 1 fully saturated rings. The fourth-order valence-corrected chi connectivity index (χ4v) is 2.28. The lowest BCUT2D eigenvalue weighted by Gasteiger charge is -2.35. The van der Waals surface area contributed by atoms with Gasteiger partial charge in [0.2, 0.25) is 0 Å². The van der Waals surface area contributed by atoms with Gasteiger partial charge in [0.1, 0.15) is 5.75 Å². The average Bonchev–Trinajstić information content (AvgIpc) is 2.36. The summed E-state index contributed by atoms with van der Waals surface area (Å²) >= 11 is 0. The molecule has 0 unspecified atom stereocenters. The van der Waals surface area contributed by atoms with Gasteiger partial charge in [-0.1, -0.05) is 18.2 Å². The molecule has 0 aromatic heterocycles. The molecule has 18 heavy (non-hydrogen) atoms. The van der Waals surface area contributed by atoms with E-state index in [1.54, 1.807) is 0 Å². The fourth-order valence-electron chi connectivity index (χ4n) is 2.28. The minimum absolute atomic E-state index is 0.486. The second-order valence-corrected chi connectivity index (χ2v) is 4.90. The molecule has 2 rings (SSSR count). The number of para-hydroxylation sites is 1. The smallest absolute Gasteiger partial charge is 0.119 e. The van der Waals surface area contributed by atoms with Crippen molar-refractivity contribution in [3.8, 4) is 5.75 Å². The zero-order valence-corrected chi connectivity index (χ0v) is 11.1. The van der Waals surface area contributed by atoms with E-state index in [0.717, 1.165) is 37.8 Å². The predicted octanol–water partition coefficient (Wildman–Crippen LogP) is 2.47. The van der Waals surface area contributed by atoms with Crippen LogP contribution >= 0.6 is 0 Å². The van der Waals surface area contributed by atoms with Crippen molar-refractivity contribution >= 4 is 0 Å². The highest BCUT2D eigenvalue weighted by atomic mass is 16.5. The molecule has 3 heteroatoms. The van der Waals surface area contributed by atoms with E-state index in [1.165, 1.54) is 12.8 Å². The van der Waals surface area contributed by atoms with Gasteiger partial charge in [-0.05, 0) is 44.5 Å². The number of nitrogens with one attached hydrogen (secondary N) is 1. The maximum atomic E-state index is 5.78. The van der Waals surface area contributed by atoms with Crippen molar-refractivity contribution in [1.82, 2.24) is 5.32 Å². The first-order chi connectivity index (χ1) is 8.88. The summed E-state index contributed by atoms with van der Waals surface area (Å²) < 4.78 is 11.4. The van der Waals surface area contributed by atoms with Crippen LogP contribution in [-0.2, 0) is 4.74 Å². The Hall–Kier alpha value is -1.06. The van der Waals surface area contributed by atoms with Gasteiger partial charge in [0, 0.05) is 6.42 Å². The number of benzene rings is 1. The van der Waals surface area contributed by atoms with Gasteiger partial charge in [0.15, 0.2) is 0 Å². The van der Waals surface area contributed by atoms with Crippen LogP contribution < -0.4 is 10.1 Å². The summed E-state index contributed by atoms with van der Waals surface area (Å²) in [5, 5.41) is 3.21. The van der Waals surface area contributed by atoms with Crippen molar-refractivity contribution in [3.63, 3.8) is 0 Å². The lowest BCUT2D eigenvalue weighted by atomic mass is 9.82. The van der Waals surface area contributed by atoms with Crippen LogP contribution in [0.4, 0.5) is 0 Å². The Kier molecular flexibility index (Phi) is 5.49. The normalized spacial score (nSPS) is 22.5. The molecule has 1 saturated carbocycles. The molecule has 0 spiro atoms. The first-order valence-corrected chi connectivity index (χ1v) is 6.82. The highest BCUT2D eigenvalue weighted by Gasteiger charge is 2.28. The van der Waals surface area contributed by atoms with E-state index >= 15 is 0 Å². The molecule has 1 aromatic carbocycles. The molecule has 0 radical (unpaired) electrons. The van der Waals surface area contributed by atoms with Crippen molar-refractivity contribution in [2.75, 3.05) is 26.8 Å². The summed E-state index contributed by atoms with van der Waals surface area (Å²) in [7, 11) is 2.01. The van der Waals surface area contributed by atoms with Gasteiger partial charge in [0.25, 0.3) is 0 Å². The molecule has 0 saturated heterocycles. The Labute approximate surface area is 109 Å². The van der Waals surface area contributed by atoms with Crippen molar-refractivity contribution in [2.45, 2.75) is 25.4 Å². The number of ether oxygens (including phenoxy) is 2. The van der Waals surface area contributed by atoms with E-state index in [0.29, 0.717) is 6.10 Å². The standard InChI is InChI=1S/C15H23NO2/c1-16-12-13-10-15(11-13)18-9-5-8-17-14-6-3-2-4-7-14/h2-4,6-7,13,15-16H,5,8-12H2,1H3. The van der Waals surface area contributed by atoms with Gasteiger partial charge in [-0.2, -0.15) is 0 Å². The molecule has 1 aliphatic carbocycles. The maximum absolute atomic E-state index is 5.78. The van der Waals surface area contributed by atoms with Crippen LogP contribution in [-0.4, -0.2) is 32.9 Å². The van der Waals surface area contributed by atoms with Crippen molar-refractivity contribution < 1.29 is 9.47 Å². The third kappa shape index (κ3) is 4.31. The monoisotopic (exact) mass is 249 g/mol. The minimum atomic E-state index is 0.486. The zero-order valence-electron chi connectivity index (χ0n) is 11.1. The van der Waals surface area contributed by atoms with Crippen LogP contribution in [0.2, 0.25) is 0 Å². The molecule has 1 aromatic rings. The largest absolute Gasteiger partial charge is 0.494 e. The van der Waals surface area contributed by atoms with E-state index in [-0.39, 0.29) is 0 Å². The van der Waals surface area contributed by atoms with Gasteiger partial charge in [-0.15, -0.1) is 0 Å². The van der Waals surface area contributed by atoms with Gasteiger partial charge in [-0.3, -0.25) is 0 Å². The predicted molar refractivity (Wildman–Crippen MR) is 72.9 cm³/mol. The molecular formula is C15H23NO2. The van der Waals surface area contributed by atoms with Gasteiger partial charge < -0.3 is 14.8 Å². The summed E-state index contributed by atoms with van der Waals surface area (Å²) in [6, 6.07) is 9.93. The fraction of sp³-hybridized carbons (Fsp3) is 0.600. The molecule has 0 amide bonds. The number of hydrogen-bond donors (Lipinski definition) is 1. The molecule has 3 nitrogen and oxygen atoms in total. The summed E-state index contributed by atoms with van der Waals surface area (Å²) in [5.41, 5.74) is 0. The van der Waals surface area contributed by atoms with Crippen molar-refractivity contribution in [3.05, 3.63) is 30.3 Å². The number of hydrogen-bond acceptors (Lipinski definition) is 3. The summed E-state index contributed by atoms with van der Waals surface area (Å²) in [4.78, 5) is 0. The molecule has 100 valence electrons. The van der Waals surface area contributed by atoms with E-state index in [9.17, 15) is 0 Å². The first-order valence-electron chi connectivity index (χ1n) is 6.82. The molecule has 0 bridgehead atoms. The molecule has 0 heterocycles. The van der Waals surface area contributed by atoms with E-state index in [2.05, 4.69) is 5.32 Å². The van der Waals surface area contributed by atoms with E-state index in [1.807, 2.05) is 37.4 Å². The van der Waals surface area contributed by atoms with Crippen molar-refractivity contribution in [1.29, 1.82) is 0 Å². The van der Waals surface area contributed by atoms with Crippen LogP contribution in [0.5, 0.6) is 5.75 Å². The highest BCUT2D eigenvalue weighted by molar-refractivity contribution is 5.20. The molecule has 1 N–H and O–H groups in total. The minimum Gasteiger partial charge on any atom is -0.494 e. The van der Waals surface area contributed by atoms with Crippen LogP contribution in [0.25, 0.3) is 0 Å². The van der Waals surface area contributed by atoms with Crippen LogP contribution in [0.1, 0.15) is 19.3 Å².